The molecule has 3 rings (SSSR count). The van der Waals surface area contributed by atoms with Gasteiger partial charge in [0.2, 0.25) is 10.0 Å². The summed E-state index contributed by atoms with van der Waals surface area (Å²) in [6.07, 6.45) is 1.89. The molecule has 2 heterocycles. The molecule has 7 heteroatoms. The number of sulfonamides is 1. The van der Waals surface area contributed by atoms with Crippen LogP contribution in [0.25, 0.3) is 11.3 Å². The summed E-state index contributed by atoms with van der Waals surface area (Å²) in [4.78, 5) is 2.58. The number of benzene rings is 1. The molecule has 1 saturated heterocycles. The van der Waals surface area contributed by atoms with Crippen LogP contribution in [0.2, 0.25) is 0 Å². The topological polar surface area (TPSA) is 75.2 Å². The summed E-state index contributed by atoms with van der Waals surface area (Å²) >= 11 is 0. The number of hydrogen-bond donors (Lipinski definition) is 1. The van der Waals surface area contributed by atoms with E-state index in [1.54, 1.807) is 6.07 Å². The molecule has 0 unspecified atom stereocenters. The highest BCUT2D eigenvalue weighted by Crippen LogP contribution is 2.27. The number of hydrogen-bond acceptors (Lipinski definition) is 5. The molecular formula is C20H28N4O2S. The minimum atomic E-state index is -3.52. The lowest BCUT2D eigenvalue weighted by Gasteiger charge is -2.35. The molecule has 1 aromatic carbocycles. The summed E-state index contributed by atoms with van der Waals surface area (Å²) in [6.45, 7) is 8.47. The van der Waals surface area contributed by atoms with Gasteiger partial charge in [-0.3, -0.25) is 0 Å². The van der Waals surface area contributed by atoms with Gasteiger partial charge in [-0.15, -0.1) is 10.2 Å². The van der Waals surface area contributed by atoms with Gasteiger partial charge in [-0.2, -0.15) is 0 Å². The van der Waals surface area contributed by atoms with Crippen LogP contribution < -0.4 is 9.62 Å². The van der Waals surface area contributed by atoms with Gasteiger partial charge in [-0.1, -0.05) is 32.9 Å². The molecule has 1 N–H and O–H groups in total. The van der Waals surface area contributed by atoms with Gasteiger partial charge in [0.1, 0.15) is 0 Å². The summed E-state index contributed by atoms with van der Waals surface area (Å²) in [5, 5.41) is 8.78. The smallest absolute Gasteiger partial charge is 0.240 e. The third kappa shape index (κ3) is 4.30. The molecule has 0 amide bonds. The van der Waals surface area contributed by atoms with E-state index >= 15 is 0 Å². The number of aryl methyl sites for hydroxylation is 1. The first-order chi connectivity index (χ1) is 12.8. The van der Waals surface area contributed by atoms with Crippen molar-refractivity contribution in [3.05, 3.63) is 35.9 Å². The lowest BCUT2D eigenvalue weighted by atomic mass is 9.92. The van der Waals surface area contributed by atoms with Gasteiger partial charge < -0.3 is 4.90 Å². The minimum absolute atomic E-state index is 0.301. The maximum absolute atomic E-state index is 12.3. The number of piperidine rings is 1. The molecule has 0 saturated carbocycles. The van der Waals surface area contributed by atoms with Crippen molar-refractivity contribution in [3.8, 4) is 11.3 Å². The predicted molar refractivity (Wildman–Crippen MR) is 108 cm³/mol. The summed E-state index contributed by atoms with van der Waals surface area (Å²) < 4.78 is 27.1. The Labute approximate surface area is 162 Å². The molecule has 1 aliphatic rings. The average molecular weight is 389 g/mol. The summed E-state index contributed by atoms with van der Waals surface area (Å²) in [5.41, 5.74) is 2.21. The Kier molecular flexibility index (Phi) is 5.81. The van der Waals surface area contributed by atoms with Crippen molar-refractivity contribution < 1.29 is 8.42 Å². The van der Waals surface area contributed by atoms with Crippen molar-refractivity contribution in [1.29, 1.82) is 0 Å². The second-order valence-corrected chi connectivity index (χ2v) is 9.37. The summed E-state index contributed by atoms with van der Waals surface area (Å²) in [5.74, 6) is 2.17. The van der Waals surface area contributed by atoms with Crippen LogP contribution in [0.15, 0.2) is 35.2 Å². The fourth-order valence-corrected chi connectivity index (χ4v) is 4.92. The lowest BCUT2D eigenvalue weighted by Crippen LogP contribution is -2.39. The van der Waals surface area contributed by atoms with Crippen LogP contribution in [0.4, 0.5) is 5.82 Å². The van der Waals surface area contributed by atoms with Gasteiger partial charge in [0.25, 0.3) is 0 Å². The van der Waals surface area contributed by atoms with Gasteiger partial charge >= 0.3 is 0 Å². The molecule has 1 fully saturated rings. The van der Waals surface area contributed by atoms with E-state index in [-0.39, 0.29) is 0 Å². The number of anilines is 1. The van der Waals surface area contributed by atoms with Crippen LogP contribution in [-0.2, 0) is 16.4 Å². The van der Waals surface area contributed by atoms with Gasteiger partial charge in [0, 0.05) is 18.7 Å². The molecule has 1 aliphatic heterocycles. The standard InChI is InChI=1S/C20H28N4O2S/c1-5-16-6-7-17(11-19(16)27(25,26)21-4)18-8-9-20(23-22-18)24-12-14(2)10-15(3)13-24/h6-9,11,14-15,21H,5,10,12-13H2,1-4H3/t14-,15-/m1/s1. The summed E-state index contributed by atoms with van der Waals surface area (Å²) in [6, 6.07) is 9.33. The Balaban J connectivity index is 1.90. The molecule has 2 atom stereocenters. The highest BCUT2D eigenvalue weighted by atomic mass is 32.2. The van der Waals surface area contributed by atoms with Crippen molar-refractivity contribution in [2.75, 3.05) is 25.0 Å². The predicted octanol–water partition coefficient (Wildman–Crippen LogP) is 3.10. The molecule has 0 spiro atoms. The Bertz CT molecular complexity index is 887. The van der Waals surface area contributed by atoms with E-state index in [0.717, 1.165) is 30.0 Å². The van der Waals surface area contributed by atoms with E-state index in [1.807, 2.05) is 31.2 Å². The fourth-order valence-electron chi connectivity index (χ4n) is 3.86. The Morgan fingerprint density at radius 3 is 2.37 bits per heavy atom. The van der Waals surface area contributed by atoms with Gasteiger partial charge in [0.05, 0.1) is 10.6 Å². The monoisotopic (exact) mass is 388 g/mol. The Morgan fingerprint density at radius 1 is 1.11 bits per heavy atom. The van der Waals surface area contributed by atoms with E-state index in [0.29, 0.717) is 28.8 Å². The Morgan fingerprint density at radius 2 is 1.81 bits per heavy atom. The fraction of sp³-hybridized carbons (Fsp3) is 0.500. The normalized spacial score (nSPS) is 20.7. The average Bonchev–Trinajstić information content (AvgIpc) is 2.67. The zero-order valence-electron chi connectivity index (χ0n) is 16.4. The molecular weight excluding hydrogens is 360 g/mol. The molecule has 146 valence electrons. The maximum Gasteiger partial charge on any atom is 0.240 e. The van der Waals surface area contributed by atoms with E-state index in [4.69, 9.17) is 0 Å². The number of aromatic nitrogens is 2. The van der Waals surface area contributed by atoms with E-state index in [9.17, 15) is 8.42 Å². The second-order valence-electron chi connectivity index (χ2n) is 7.51. The zero-order chi connectivity index (χ0) is 19.6. The lowest BCUT2D eigenvalue weighted by molar-refractivity contribution is 0.355. The van der Waals surface area contributed by atoms with Crippen LogP contribution >= 0.6 is 0 Å². The van der Waals surface area contributed by atoms with Crippen LogP contribution in [0, 0.1) is 11.8 Å². The van der Waals surface area contributed by atoms with Crippen molar-refractivity contribution in [2.45, 2.75) is 38.5 Å². The van der Waals surface area contributed by atoms with Crippen molar-refractivity contribution in [1.82, 2.24) is 14.9 Å². The van der Waals surface area contributed by atoms with Crippen molar-refractivity contribution in [2.24, 2.45) is 11.8 Å². The zero-order valence-corrected chi connectivity index (χ0v) is 17.3. The number of rotatable bonds is 5. The number of nitrogens with zero attached hydrogens (tertiary/aromatic N) is 3. The van der Waals surface area contributed by atoms with E-state index in [1.165, 1.54) is 13.5 Å². The molecule has 27 heavy (non-hydrogen) atoms. The highest BCUT2D eigenvalue weighted by molar-refractivity contribution is 7.89. The first-order valence-electron chi connectivity index (χ1n) is 9.49. The molecule has 2 aromatic rings. The quantitative estimate of drug-likeness (QED) is 0.852. The largest absolute Gasteiger partial charge is 0.355 e. The SMILES string of the molecule is CCc1ccc(-c2ccc(N3C[C@H](C)C[C@@H](C)C3)nn2)cc1S(=O)(=O)NC. The van der Waals surface area contributed by atoms with E-state index in [2.05, 4.69) is 33.7 Å². The molecule has 0 aliphatic carbocycles. The molecule has 0 radical (unpaired) electrons. The number of nitrogens with one attached hydrogen (secondary N) is 1. The van der Waals surface area contributed by atoms with Crippen molar-refractivity contribution in [3.63, 3.8) is 0 Å². The first kappa shape index (κ1) is 19.8. The van der Waals surface area contributed by atoms with Crippen LogP contribution in [0.1, 0.15) is 32.8 Å². The molecule has 6 nitrogen and oxygen atoms in total. The van der Waals surface area contributed by atoms with E-state index < -0.39 is 10.0 Å². The van der Waals surface area contributed by atoms with Gasteiger partial charge in [-0.25, -0.2) is 13.1 Å². The third-order valence-corrected chi connectivity index (χ3v) is 6.64. The Hall–Kier alpha value is -1.99. The molecule has 0 bridgehead atoms. The second kappa shape index (κ2) is 7.94. The third-order valence-electron chi connectivity index (χ3n) is 5.15. The molecule has 1 aromatic heterocycles. The van der Waals surface area contributed by atoms with Crippen LogP contribution in [0.3, 0.4) is 0 Å². The maximum atomic E-state index is 12.3. The van der Waals surface area contributed by atoms with Crippen LogP contribution in [-0.4, -0.2) is 38.8 Å². The first-order valence-corrected chi connectivity index (χ1v) is 11.0. The van der Waals surface area contributed by atoms with Gasteiger partial charge in [-0.05, 0) is 55.5 Å². The van der Waals surface area contributed by atoms with Crippen LogP contribution in [0.5, 0.6) is 0 Å². The van der Waals surface area contributed by atoms with Crippen molar-refractivity contribution >= 4 is 15.8 Å². The summed E-state index contributed by atoms with van der Waals surface area (Å²) in [7, 11) is -2.09. The minimum Gasteiger partial charge on any atom is -0.355 e. The highest BCUT2D eigenvalue weighted by Gasteiger charge is 2.23. The van der Waals surface area contributed by atoms with Gasteiger partial charge in [0.15, 0.2) is 5.82 Å².